The molecule has 0 saturated heterocycles. The van der Waals surface area contributed by atoms with Crippen molar-refractivity contribution in [3.63, 3.8) is 0 Å². The molecular formula is C21H24ClN2OS+. The van der Waals surface area contributed by atoms with Crippen molar-refractivity contribution < 1.29 is 9.36 Å². The number of ketones is 1. The molecule has 1 atom stereocenters. The highest BCUT2D eigenvalue weighted by Crippen LogP contribution is 2.22. The molecule has 1 N–H and O–H groups in total. The maximum absolute atomic E-state index is 13.2. The first-order valence-electron chi connectivity index (χ1n) is 8.44. The summed E-state index contributed by atoms with van der Waals surface area (Å²) >= 11 is 11.7. The number of benzene rings is 1. The van der Waals surface area contributed by atoms with Gasteiger partial charge in [-0.2, -0.15) is 4.57 Å². The minimum absolute atomic E-state index is 0.0307. The molecule has 2 rings (SSSR count). The summed E-state index contributed by atoms with van der Waals surface area (Å²) in [4.78, 5) is 13.6. The molecule has 1 aromatic heterocycles. The van der Waals surface area contributed by atoms with Gasteiger partial charge in [0, 0.05) is 24.2 Å². The summed E-state index contributed by atoms with van der Waals surface area (Å²) in [5.74, 6) is -0.148. The van der Waals surface area contributed by atoms with Crippen molar-refractivity contribution >= 4 is 34.6 Å². The van der Waals surface area contributed by atoms with Gasteiger partial charge in [-0.1, -0.05) is 62.8 Å². The van der Waals surface area contributed by atoms with Crippen molar-refractivity contribution in [1.82, 2.24) is 5.32 Å². The van der Waals surface area contributed by atoms with Crippen LogP contribution in [0.1, 0.15) is 42.7 Å². The predicted octanol–water partition coefficient (Wildman–Crippen LogP) is 4.45. The molecule has 0 fully saturated rings. The Morgan fingerprint density at radius 1 is 1.27 bits per heavy atom. The second kappa shape index (κ2) is 8.56. The molecule has 0 aliphatic carbocycles. The van der Waals surface area contributed by atoms with Gasteiger partial charge in [-0.05, 0) is 23.1 Å². The minimum Gasteiger partial charge on any atom is -0.370 e. The van der Waals surface area contributed by atoms with E-state index in [1.54, 1.807) is 30.3 Å². The van der Waals surface area contributed by atoms with E-state index < -0.39 is 6.04 Å². The lowest BCUT2D eigenvalue weighted by atomic mass is 9.88. The Labute approximate surface area is 165 Å². The number of halogens is 1. The fourth-order valence-electron chi connectivity index (χ4n) is 2.58. The Bertz CT molecular complexity index is 810. The SMILES string of the molecule is C=CCNC(=S)[C@H](C(=O)c1ccccc1Cl)[n+]1ccc(C(C)(C)C)cc1. The average Bonchev–Trinajstić information content (AvgIpc) is 2.60. The minimum atomic E-state index is -0.668. The molecule has 0 amide bonds. The lowest BCUT2D eigenvalue weighted by Gasteiger charge is -2.19. The van der Waals surface area contributed by atoms with E-state index in [1.807, 2.05) is 29.1 Å². The van der Waals surface area contributed by atoms with E-state index in [4.69, 9.17) is 23.8 Å². The van der Waals surface area contributed by atoms with Gasteiger partial charge in [-0.25, -0.2) is 0 Å². The number of Topliss-reactive ketones (excluding diaryl/α,β-unsaturated/α-hetero) is 1. The van der Waals surface area contributed by atoms with E-state index in [-0.39, 0.29) is 11.2 Å². The Morgan fingerprint density at radius 3 is 2.42 bits per heavy atom. The van der Waals surface area contributed by atoms with Crippen molar-refractivity contribution in [2.45, 2.75) is 32.2 Å². The van der Waals surface area contributed by atoms with E-state index in [9.17, 15) is 4.79 Å². The standard InChI is InChI=1S/C21H23ClN2OS/c1-5-12-23-20(26)18(19(25)16-8-6-7-9-17(16)22)24-13-10-15(11-14-24)21(2,3)4/h5-11,13-14,18H,1,12H2,2-4H3/p+1/t18-/m0/s1. The van der Waals surface area contributed by atoms with Gasteiger partial charge >= 0.3 is 0 Å². The number of rotatable bonds is 6. The molecule has 5 heteroatoms. The summed E-state index contributed by atoms with van der Waals surface area (Å²) < 4.78 is 1.82. The van der Waals surface area contributed by atoms with Crippen molar-refractivity contribution in [3.8, 4) is 0 Å². The summed E-state index contributed by atoms with van der Waals surface area (Å²) in [5, 5.41) is 3.49. The molecule has 26 heavy (non-hydrogen) atoms. The fraction of sp³-hybridized carbons (Fsp3) is 0.286. The number of nitrogens with zero attached hydrogens (tertiary/aromatic N) is 1. The largest absolute Gasteiger partial charge is 0.370 e. The first-order valence-corrected chi connectivity index (χ1v) is 9.23. The maximum Gasteiger partial charge on any atom is 0.270 e. The van der Waals surface area contributed by atoms with Crippen LogP contribution in [0.15, 0.2) is 61.4 Å². The van der Waals surface area contributed by atoms with E-state index in [1.165, 1.54) is 5.56 Å². The predicted molar refractivity (Wildman–Crippen MR) is 111 cm³/mol. The lowest BCUT2D eigenvalue weighted by molar-refractivity contribution is -0.692. The molecule has 0 unspecified atom stereocenters. The number of thiocarbonyl (C=S) groups is 1. The molecule has 3 nitrogen and oxygen atoms in total. The third kappa shape index (κ3) is 4.77. The van der Waals surface area contributed by atoms with E-state index in [0.29, 0.717) is 22.1 Å². The Balaban J connectivity index is 2.44. The van der Waals surface area contributed by atoms with Gasteiger partial charge in [-0.3, -0.25) is 4.79 Å². The van der Waals surface area contributed by atoms with Crippen LogP contribution in [0.3, 0.4) is 0 Å². The van der Waals surface area contributed by atoms with Crippen LogP contribution in [0.4, 0.5) is 0 Å². The van der Waals surface area contributed by atoms with Crippen LogP contribution >= 0.6 is 23.8 Å². The number of hydrogen-bond acceptors (Lipinski definition) is 2. The van der Waals surface area contributed by atoms with Crippen molar-refractivity contribution in [2.75, 3.05) is 6.54 Å². The molecule has 1 heterocycles. The molecule has 0 aliphatic heterocycles. The molecule has 0 radical (unpaired) electrons. The third-order valence-corrected chi connectivity index (χ3v) is 4.77. The van der Waals surface area contributed by atoms with Crippen LogP contribution in [0.2, 0.25) is 5.02 Å². The number of nitrogens with one attached hydrogen (secondary N) is 1. The first kappa shape index (κ1) is 20.3. The molecule has 0 aliphatic rings. The lowest BCUT2D eigenvalue weighted by Crippen LogP contribution is -2.51. The second-order valence-electron chi connectivity index (χ2n) is 7.06. The summed E-state index contributed by atoms with van der Waals surface area (Å²) in [5.41, 5.74) is 1.67. The Morgan fingerprint density at radius 2 is 1.88 bits per heavy atom. The monoisotopic (exact) mass is 387 g/mol. The summed E-state index contributed by atoms with van der Waals surface area (Å²) in [6.07, 6.45) is 5.49. The van der Waals surface area contributed by atoms with E-state index in [0.717, 1.165) is 0 Å². The highest BCUT2D eigenvalue weighted by molar-refractivity contribution is 7.80. The van der Waals surface area contributed by atoms with Crippen molar-refractivity contribution in [2.24, 2.45) is 0 Å². The average molecular weight is 388 g/mol. The molecule has 0 saturated carbocycles. The van der Waals surface area contributed by atoms with Gasteiger partial charge in [0.25, 0.3) is 6.04 Å². The number of pyridine rings is 1. The van der Waals surface area contributed by atoms with Crippen LogP contribution < -0.4 is 9.88 Å². The molecule has 2 aromatic rings. The first-order chi connectivity index (χ1) is 12.3. The number of aromatic nitrogens is 1. The van der Waals surface area contributed by atoms with Crippen LogP contribution in [-0.4, -0.2) is 17.3 Å². The summed E-state index contributed by atoms with van der Waals surface area (Å²) in [6.45, 7) is 10.6. The highest BCUT2D eigenvalue weighted by atomic mass is 35.5. The summed E-state index contributed by atoms with van der Waals surface area (Å²) in [6, 6.07) is 10.4. The number of hydrogen-bond donors (Lipinski definition) is 1. The molecule has 0 spiro atoms. The van der Waals surface area contributed by atoms with Gasteiger partial charge < -0.3 is 5.32 Å². The maximum atomic E-state index is 13.2. The van der Waals surface area contributed by atoms with Crippen LogP contribution in [0.25, 0.3) is 0 Å². The molecular weight excluding hydrogens is 364 g/mol. The number of carbonyl (C=O) groups is 1. The molecule has 136 valence electrons. The van der Waals surface area contributed by atoms with Crippen LogP contribution in [0.5, 0.6) is 0 Å². The van der Waals surface area contributed by atoms with Gasteiger partial charge in [0.05, 0.1) is 5.02 Å². The fourth-order valence-corrected chi connectivity index (χ4v) is 3.12. The Kier molecular flexibility index (Phi) is 6.68. The normalized spacial score (nSPS) is 12.3. The van der Waals surface area contributed by atoms with Crippen molar-refractivity contribution in [1.29, 1.82) is 0 Å². The van der Waals surface area contributed by atoms with Crippen LogP contribution in [0, 0.1) is 0 Å². The van der Waals surface area contributed by atoms with Gasteiger partial charge in [0.2, 0.25) is 5.78 Å². The van der Waals surface area contributed by atoms with Gasteiger partial charge in [-0.15, -0.1) is 6.58 Å². The zero-order valence-electron chi connectivity index (χ0n) is 15.3. The molecule has 0 bridgehead atoms. The van der Waals surface area contributed by atoms with E-state index in [2.05, 4.69) is 32.7 Å². The third-order valence-electron chi connectivity index (χ3n) is 4.07. The summed E-state index contributed by atoms with van der Waals surface area (Å²) in [7, 11) is 0. The number of carbonyl (C=O) groups excluding carboxylic acids is 1. The van der Waals surface area contributed by atoms with E-state index >= 15 is 0 Å². The zero-order valence-corrected chi connectivity index (χ0v) is 16.9. The second-order valence-corrected chi connectivity index (χ2v) is 7.91. The quantitative estimate of drug-likeness (QED) is 0.344. The van der Waals surface area contributed by atoms with Gasteiger partial charge in [0.1, 0.15) is 0 Å². The smallest absolute Gasteiger partial charge is 0.270 e. The van der Waals surface area contributed by atoms with Gasteiger partial charge in [0.15, 0.2) is 17.4 Å². The zero-order chi connectivity index (χ0) is 19.3. The highest BCUT2D eigenvalue weighted by Gasteiger charge is 2.34. The van der Waals surface area contributed by atoms with Crippen molar-refractivity contribution in [3.05, 3.63) is 77.6 Å². The van der Waals surface area contributed by atoms with Crippen LogP contribution in [-0.2, 0) is 5.41 Å². The molecule has 1 aromatic carbocycles. The topological polar surface area (TPSA) is 33.0 Å². The Hall–Kier alpha value is -2.04.